The third-order valence-electron chi connectivity index (χ3n) is 5.73. The summed E-state index contributed by atoms with van der Waals surface area (Å²) in [7, 11) is -4.85. The molecule has 3 rings (SSSR count). The van der Waals surface area contributed by atoms with Gasteiger partial charge >= 0.3 is 21.2 Å². The van der Waals surface area contributed by atoms with Gasteiger partial charge in [-0.2, -0.15) is 13.7 Å². The van der Waals surface area contributed by atoms with Crippen molar-refractivity contribution in [3.8, 4) is 6.07 Å². The number of rotatable bonds is 11. The maximum absolute atomic E-state index is 13.4. The van der Waals surface area contributed by atoms with Crippen LogP contribution in [0.3, 0.4) is 0 Å². The molecule has 0 aliphatic rings. The third-order valence-corrected chi connectivity index (χ3v) is 7.54. The fraction of sp³-hybridized carbons (Fsp3) is 0.250. The zero-order chi connectivity index (χ0) is 27.9. The van der Waals surface area contributed by atoms with Crippen LogP contribution in [0, 0.1) is 21.4 Å². The topological polar surface area (TPSA) is 152 Å². The van der Waals surface area contributed by atoms with Gasteiger partial charge < -0.3 is 4.74 Å². The first kappa shape index (κ1) is 28.5. The highest BCUT2D eigenvalue weighted by Gasteiger charge is 2.32. The zero-order valence-corrected chi connectivity index (χ0v) is 22.0. The van der Waals surface area contributed by atoms with E-state index in [0.717, 1.165) is 11.8 Å². The van der Waals surface area contributed by atoms with Crippen molar-refractivity contribution in [1.82, 2.24) is 4.48 Å². The molecule has 0 saturated carbocycles. The number of ether oxygens (including phenoxy) is 1. The first-order valence-electron chi connectivity index (χ1n) is 11.3. The Hall–Kier alpha value is -4.06. The van der Waals surface area contributed by atoms with E-state index in [1.807, 2.05) is 6.92 Å². The molecule has 14 heteroatoms. The van der Waals surface area contributed by atoms with Crippen molar-refractivity contribution in [3.63, 3.8) is 0 Å². The van der Waals surface area contributed by atoms with E-state index >= 15 is 0 Å². The van der Waals surface area contributed by atoms with Crippen LogP contribution < -0.4 is 4.48 Å². The minimum absolute atomic E-state index is 0.0369. The van der Waals surface area contributed by atoms with Crippen molar-refractivity contribution < 1.29 is 26.8 Å². The van der Waals surface area contributed by atoms with Crippen LogP contribution in [0.15, 0.2) is 69.7 Å². The average molecular weight is 561 g/mol. The van der Waals surface area contributed by atoms with Crippen LogP contribution in [0.4, 0.5) is 31.0 Å². The van der Waals surface area contributed by atoms with Crippen molar-refractivity contribution in [3.05, 3.63) is 70.3 Å². The lowest BCUT2D eigenvalue weighted by Crippen LogP contribution is -2.44. The summed E-state index contributed by atoms with van der Waals surface area (Å²) in [6, 6.07) is 15.5. The van der Waals surface area contributed by atoms with E-state index in [0.29, 0.717) is 35.8 Å². The molecule has 0 spiro atoms. The molecule has 1 aromatic heterocycles. The Morgan fingerprint density at radius 1 is 1.13 bits per heavy atom. The Morgan fingerprint density at radius 2 is 1.74 bits per heavy atom. The van der Waals surface area contributed by atoms with Gasteiger partial charge in [-0.1, -0.05) is 0 Å². The highest BCUT2D eigenvalue weighted by molar-refractivity contribution is 7.86. The predicted octanol–water partition coefficient (Wildman–Crippen LogP) is 6.48. The second-order valence-electron chi connectivity index (χ2n) is 7.85. The third kappa shape index (κ3) is 6.25. The quantitative estimate of drug-likeness (QED) is 0.0650. The molecular weight excluding hydrogens is 537 g/mol. The van der Waals surface area contributed by atoms with Crippen LogP contribution in [-0.4, -0.2) is 39.0 Å². The largest absolute Gasteiger partial charge is 0.462 e. The fourth-order valence-corrected chi connectivity index (χ4v) is 5.11. The molecule has 0 fully saturated rings. The van der Waals surface area contributed by atoms with Crippen molar-refractivity contribution in [1.29, 1.82) is 5.26 Å². The summed E-state index contributed by atoms with van der Waals surface area (Å²) >= 11 is 0.698. The number of quaternary nitrogens is 1. The van der Waals surface area contributed by atoms with Gasteiger partial charge in [-0.15, -0.1) is 14.1 Å². The normalized spacial score (nSPS) is 13.1. The monoisotopic (exact) mass is 560 g/mol. The smallest absolute Gasteiger partial charge is 0.341 e. The molecule has 1 atom stereocenters. The molecule has 38 heavy (non-hydrogen) atoms. The van der Waals surface area contributed by atoms with Gasteiger partial charge in [0.1, 0.15) is 23.5 Å². The van der Waals surface area contributed by atoms with Crippen LogP contribution >= 0.6 is 11.3 Å². The van der Waals surface area contributed by atoms with Crippen molar-refractivity contribution in [2.24, 2.45) is 10.2 Å². The summed E-state index contributed by atoms with van der Waals surface area (Å²) in [4.78, 5) is 22.3. The Balaban J connectivity index is 1.97. The van der Waals surface area contributed by atoms with Gasteiger partial charge in [0.15, 0.2) is 5.00 Å². The van der Waals surface area contributed by atoms with Gasteiger partial charge in [0, 0.05) is 30.3 Å². The van der Waals surface area contributed by atoms with E-state index in [2.05, 4.69) is 16.3 Å². The minimum atomic E-state index is -4.85. The van der Waals surface area contributed by atoms with Gasteiger partial charge in [0.05, 0.1) is 41.1 Å². The maximum Gasteiger partial charge on any atom is 0.341 e. The number of azo groups is 1. The number of nitro groups is 1. The lowest BCUT2D eigenvalue weighted by Gasteiger charge is -2.36. The standard InChI is InChI=1S/C24H23FN5O6S2/c1-3-30(15-5-14-26,19-10-12-20(13-11-19)38(25,34)35)18-8-6-17(7-9-18)27-28-23-21(24(31)36-4-2)16-22(37-23)29(32)33/h6-13,16H,3-5,15H2,1-2H3/q+1. The molecule has 11 nitrogen and oxygen atoms in total. The van der Waals surface area contributed by atoms with Crippen molar-refractivity contribution in [2.75, 3.05) is 19.7 Å². The first-order valence-corrected chi connectivity index (χ1v) is 13.5. The van der Waals surface area contributed by atoms with Gasteiger partial charge in [0.2, 0.25) is 0 Å². The Morgan fingerprint density at radius 3 is 2.24 bits per heavy atom. The first-order chi connectivity index (χ1) is 18.1. The van der Waals surface area contributed by atoms with Crippen LogP contribution in [0.2, 0.25) is 0 Å². The second-order valence-corrected chi connectivity index (χ2v) is 10.2. The number of hydrogen-bond donors (Lipinski definition) is 0. The van der Waals surface area contributed by atoms with E-state index in [1.165, 1.54) is 24.3 Å². The molecular formula is C24H23FN5O6S2+. The SMILES string of the molecule is CCOC(=O)c1cc([N+](=O)[O-])sc1N=Nc1ccc([N+](CC)(CCC#N)c2ccc(S(=O)(=O)F)cc2)cc1. The molecule has 1 heterocycles. The maximum atomic E-state index is 13.4. The molecule has 2 aromatic carbocycles. The molecule has 0 amide bonds. The number of halogens is 1. The number of carbonyl (C=O) groups is 1. The van der Waals surface area contributed by atoms with Crippen molar-refractivity contribution in [2.45, 2.75) is 25.2 Å². The van der Waals surface area contributed by atoms with Gasteiger partial charge in [-0.25, -0.2) is 4.79 Å². The molecule has 198 valence electrons. The molecule has 0 radical (unpaired) electrons. The summed E-state index contributed by atoms with van der Waals surface area (Å²) in [5.74, 6) is -0.741. The summed E-state index contributed by atoms with van der Waals surface area (Å²) in [6.45, 7) is 4.50. The molecule has 0 bridgehead atoms. The number of thiophene rings is 1. The molecule has 0 aliphatic carbocycles. The van der Waals surface area contributed by atoms with E-state index in [9.17, 15) is 32.5 Å². The van der Waals surface area contributed by atoms with Crippen LogP contribution in [0.1, 0.15) is 30.6 Å². The zero-order valence-electron chi connectivity index (χ0n) is 20.4. The van der Waals surface area contributed by atoms with Crippen molar-refractivity contribution >= 4 is 54.6 Å². The van der Waals surface area contributed by atoms with Gasteiger partial charge in [-0.3, -0.25) is 14.6 Å². The Labute approximate surface area is 222 Å². The summed E-state index contributed by atoms with van der Waals surface area (Å²) in [5, 5.41) is 28.3. The number of nitrogens with zero attached hydrogens (tertiary/aromatic N) is 5. The summed E-state index contributed by atoms with van der Waals surface area (Å²) < 4.78 is 41.0. The summed E-state index contributed by atoms with van der Waals surface area (Å²) in [5.41, 5.74) is 1.76. The fourth-order valence-electron chi connectivity index (χ4n) is 3.86. The number of hydrogen-bond acceptors (Lipinski definition) is 10. The Kier molecular flexibility index (Phi) is 9.00. The lowest BCUT2D eigenvalue weighted by molar-refractivity contribution is -0.380. The van der Waals surface area contributed by atoms with Crippen LogP contribution in [-0.2, 0) is 15.0 Å². The molecule has 0 saturated heterocycles. The summed E-state index contributed by atoms with van der Waals surface area (Å²) in [6.07, 6.45) is 0.201. The predicted molar refractivity (Wildman–Crippen MR) is 139 cm³/mol. The number of benzene rings is 2. The highest BCUT2D eigenvalue weighted by Crippen LogP contribution is 2.39. The Bertz CT molecular complexity index is 1500. The highest BCUT2D eigenvalue weighted by atomic mass is 32.3. The lowest BCUT2D eigenvalue weighted by atomic mass is 10.1. The molecule has 3 aromatic rings. The van der Waals surface area contributed by atoms with E-state index in [-0.39, 0.29) is 33.1 Å². The van der Waals surface area contributed by atoms with Gasteiger partial charge in [-0.05, 0) is 49.4 Å². The second kappa shape index (κ2) is 12.0. The van der Waals surface area contributed by atoms with Crippen LogP contribution in [0.5, 0.6) is 0 Å². The van der Waals surface area contributed by atoms with Crippen LogP contribution in [0.25, 0.3) is 0 Å². The number of carbonyl (C=O) groups excluding carboxylic acids is 1. The van der Waals surface area contributed by atoms with Gasteiger partial charge in [0.25, 0.3) is 0 Å². The van der Waals surface area contributed by atoms with E-state index < -0.39 is 26.0 Å². The minimum Gasteiger partial charge on any atom is -0.462 e. The van der Waals surface area contributed by atoms with E-state index in [4.69, 9.17) is 4.74 Å². The number of esters is 1. The average Bonchev–Trinajstić information content (AvgIpc) is 3.34. The van der Waals surface area contributed by atoms with E-state index in [1.54, 1.807) is 31.2 Å². The molecule has 1 unspecified atom stereocenters. The molecule has 0 N–H and O–H groups in total. The number of nitriles is 1. The molecule has 0 aliphatic heterocycles.